The molecule has 1 amide bonds. The quantitative estimate of drug-likeness (QED) is 0.609. The molecular formula is C20H21NO5S. The van der Waals surface area contributed by atoms with Crippen LogP contribution in [0.5, 0.6) is 5.75 Å². The molecule has 2 rings (SSSR count). The van der Waals surface area contributed by atoms with E-state index in [1.807, 2.05) is 18.2 Å². The number of carboxylic acid groups (broad SMARTS) is 1. The smallest absolute Gasteiger partial charge is 0.335 e. The van der Waals surface area contributed by atoms with Crippen LogP contribution in [0, 0.1) is 0 Å². The van der Waals surface area contributed by atoms with Crippen molar-refractivity contribution in [3.8, 4) is 5.75 Å². The molecule has 0 heterocycles. The molecule has 0 aromatic heterocycles. The highest BCUT2D eigenvalue weighted by molar-refractivity contribution is 8.00. The van der Waals surface area contributed by atoms with Crippen LogP contribution in [0.4, 0.5) is 0 Å². The monoisotopic (exact) mass is 387 g/mol. The first-order chi connectivity index (χ1) is 13.0. The molecule has 0 atom stereocenters. The lowest BCUT2D eigenvalue weighted by Crippen LogP contribution is -2.27. The summed E-state index contributed by atoms with van der Waals surface area (Å²) in [5, 5.41) is 11.8. The third kappa shape index (κ3) is 6.45. The van der Waals surface area contributed by atoms with Crippen molar-refractivity contribution in [3.63, 3.8) is 0 Å². The van der Waals surface area contributed by atoms with Gasteiger partial charge in [0.25, 0.3) is 0 Å². The van der Waals surface area contributed by atoms with E-state index >= 15 is 0 Å². The first-order valence-corrected chi connectivity index (χ1v) is 9.49. The average molecular weight is 387 g/mol. The number of nitrogens with one attached hydrogen (secondary N) is 1. The van der Waals surface area contributed by atoms with Gasteiger partial charge in [0.15, 0.2) is 5.78 Å². The Kier molecular flexibility index (Phi) is 7.88. The molecule has 2 aromatic carbocycles. The van der Waals surface area contributed by atoms with Gasteiger partial charge < -0.3 is 15.2 Å². The standard InChI is InChI=1S/C20H21NO5S/c1-26-18-11-16(20(24)25)8-7-15(18)9-10-21-19(23)13-27-12-17(22)14-5-3-2-4-6-14/h2-8,11H,9-10,12-13H2,1H3,(H,21,23)(H,24,25). The lowest BCUT2D eigenvalue weighted by atomic mass is 10.1. The van der Waals surface area contributed by atoms with Gasteiger partial charge >= 0.3 is 5.97 Å². The largest absolute Gasteiger partial charge is 0.496 e. The van der Waals surface area contributed by atoms with E-state index in [4.69, 9.17) is 9.84 Å². The molecule has 0 unspecified atom stereocenters. The van der Waals surface area contributed by atoms with E-state index in [1.165, 1.54) is 31.0 Å². The minimum atomic E-state index is -1.02. The van der Waals surface area contributed by atoms with Gasteiger partial charge in [0.2, 0.25) is 5.91 Å². The Morgan fingerprint density at radius 1 is 1.04 bits per heavy atom. The van der Waals surface area contributed by atoms with E-state index in [-0.39, 0.29) is 28.8 Å². The number of ketones is 1. The number of carbonyl (C=O) groups is 3. The number of carboxylic acids is 1. The van der Waals surface area contributed by atoms with Crippen LogP contribution < -0.4 is 10.1 Å². The molecule has 0 radical (unpaired) electrons. The molecule has 0 spiro atoms. The number of methoxy groups -OCH3 is 1. The topological polar surface area (TPSA) is 92.7 Å². The third-order valence-corrected chi connectivity index (χ3v) is 4.75. The van der Waals surface area contributed by atoms with Gasteiger partial charge in [-0.1, -0.05) is 36.4 Å². The Morgan fingerprint density at radius 3 is 2.44 bits per heavy atom. The highest BCUT2D eigenvalue weighted by Gasteiger charge is 2.10. The maximum atomic E-state index is 12.0. The summed E-state index contributed by atoms with van der Waals surface area (Å²) >= 11 is 1.27. The molecule has 0 fully saturated rings. The van der Waals surface area contributed by atoms with Crippen LogP contribution in [0.25, 0.3) is 0 Å². The molecule has 142 valence electrons. The van der Waals surface area contributed by atoms with E-state index in [0.29, 0.717) is 24.3 Å². The number of hydrogen-bond donors (Lipinski definition) is 2. The Balaban J connectivity index is 1.73. The minimum Gasteiger partial charge on any atom is -0.496 e. The highest BCUT2D eigenvalue weighted by atomic mass is 32.2. The zero-order valence-electron chi connectivity index (χ0n) is 14.9. The van der Waals surface area contributed by atoms with Crippen molar-refractivity contribution in [2.75, 3.05) is 25.2 Å². The average Bonchev–Trinajstić information content (AvgIpc) is 2.68. The number of Topliss-reactive ketones (excluding diaryl/α,β-unsaturated/α-hetero) is 1. The Hall–Kier alpha value is -2.80. The van der Waals surface area contributed by atoms with Crippen LogP contribution in [0.2, 0.25) is 0 Å². The molecule has 27 heavy (non-hydrogen) atoms. The number of aromatic carboxylic acids is 1. The van der Waals surface area contributed by atoms with E-state index < -0.39 is 5.97 Å². The summed E-state index contributed by atoms with van der Waals surface area (Å²) in [6, 6.07) is 13.6. The fourth-order valence-electron chi connectivity index (χ4n) is 2.42. The summed E-state index contributed by atoms with van der Waals surface area (Å²) < 4.78 is 5.21. The molecule has 2 aromatic rings. The third-order valence-electron chi connectivity index (χ3n) is 3.81. The van der Waals surface area contributed by atoms with Gasteiger partial charge in [-0.3, -0.25) is 9.59 Å². The van der Waals surface area contributed by atoms with Crippen molar-refractivity contribution in [1.82, 2.24) is 5.32 Å². The number of amides is 1. The second-order valence-corrected chi connectivity index (χ2v) is 6.70. The lowest BCUT2D eigenvalue weighted by molar-refractivity contribution is -0.118. The molecular weight excluding hydrogens is 366 g/mol. The summed E-state index contributed by atoms with van der Waals surface area (Å²) in [5.41, 5.74) is 1.61. The van der Waals surface area contributed by atoms with Crippen LogP contribution in [0.1, 0.15) is 26.3 Å². The lowest BCUT2D eigenvalue weighted by Gasteiger charge is -2.10. The molecule has 0 aliphatic rings. The summed E-state index contributed by atoms with van der Waals surface area (Å²) in [6.07, 6.45) is 0.516. The summed E-state index contributed by atoms with van der Waals surface area (Å²) in [6.45, 7) is 0.398. The van der Waals surface area contributed by atoms with Gasteiger partial charge in [-0.05, 0) is 24.1 Å². The zero-order chi connectivity index (χ0) is 19.6. The summed E-state index contributed by atoms with van der Waals surface area (Å²) in [5.74, 6) is -0.240. The van der Waals surface area contributed by atoms with E-state index in [0.717, 1.165) is 5.56 Å². The van der Waals surface area contributed by atoms with Crippen molar-refractivity contribution in [2.45, 2.75) is 6.42 Å². The molecule has 0 bridgehead atoms. The molecule has 0 aliphatic carbocycles. The highest BCUT2D eigenvalue weighted by Crippen LogP contribution is 2.20. The SMILES string of the molecule is COc1cc(C(=O)O)ccc1CCNC(=O)CSCC(=O)c1ccccc1. The van der Waals surface area contributed by atoms with Gasteiger partial charge in [-0.2, -0.15) is 0 Å². The summed E-state index contributed by atoms with van der Waals surface area (Å²) in [4.78, 5) is 34.8. The number of carbonyl (C=O) groups excluding carboxylic acids is 2. The van der Waals surface area contributed by atoms with Crippen molar-refractivity contribution in [2.24, 2.45) is 0 Å². The fourth-order valence-corrected chi connectivity index (χ4v) is 3.16. The van der Waals surface area contributed by atoms with Crippen LogP contribution in [-0.4, -0.2) is 47.9 Å². The van der Waals surface area contributed by atoms with Crippen molar-refractivity contribution >= 4 is 29.4 Å². The number of ether oxygens (including phenoxy) is 1. The second kappa shape index (κ2) is 10.4. The van der Waals surface area contributed by atoms with Gasteiger partial charge in [0.1, 0.15) is 5.75 Å². The number of hydrogen-bond acceptors (Lipinski definition) is 5. The molecule has 2 N–H and O–H groups in total. The second-order valence-electron chi connectivity index (χ2n) is 5.71. The maximum absolute atomic E-state index is 12.0. The van der Waals surface area contributed by atoms with E-state index in [1.54, 1.807) is 18.2 Å². The van der Waals surface area contributed by atoms with Crippen molar-refractivity contribution < 1.29 is 24.2 Å². The predicted octanol–water partition coefficient (Wildman–Crippen LogP) is 2.67. The molecule has 6 nitrogen and oxygen atoms in total. The van der Waals surface area contributed by atoms with Gasteiger partial charge in [-0.25, -0.2) is 4.79 Å². The van der Waals surface area contributed by atoms with Crippen molar-refractivity contribution in [1.29, 1.82) is 0 Å². The summed E-state index contributed by atoms with van der Waals surface area (Å²) in [7, 11) is 1.48. The Bertz CT molecular complexity index is 807. The predicted molar refractivity (Wildman–Crippen MR) is 105 cm³/mol. The fraction of sp³-hybridized carbons (Fsp3) is 0.250. The number of rotatable bonds is 10. The Morgan fingerprint density at radius 2 is 1.78 bits per heavy atom. The zero-order valence-corrected chi connectivity index (χ0v) is 15.8. The van der Waals surface area contributed by atoms with Crippen LogP contribution >= 0.6 is 11.8 Å². The van der Waals surface area contributed by atoms with Crippen LogP contribution in [0.15, 0.2) is 48.5 Å². The minimum absolute atomic E-state index is 0.00310. The van der Waals surface area contributed by atoms with E-state index in [2.05, 4.69) is 5.32 Å². The molecule has 7 heteroatoms. The Labute approximate surface area is 161 Å². The maximum Gasteiger partial charge on any atom is 0.335 e. The first kappa shape index (κ1) is 20.5. The van der Waals surface area contributed by atoms with Gasteiger partial charge in [0, 0.05) is 12.1 Å². The normalized spacial score (nSPS) is 10.3. The van der Waals surface area contributed by atoms with Gasteiger partial charge in [-0.15, -0.1) is 11.8 Å². The van der Waals surface area contributed by atoms with Crippen LogP contribution in [-0.2, 0) is 11.2 Å². The molecule has 0 aliphatic heterocycles. The molecule has 0 saturated carbocycles. The number of benzene rings is 2. The van der Waals surface area contributed by atoms with Gasteiger partial charge in [0.05, 0.1) is 24.2 Å². The molecule has 0 saturated heterocycles. The van der Waals surface area contributed by atoms with E-state index in [9.17, 15) is 14.4 Å². The van der Waals surface area contributed by atoms with Crippen molar-refractivity contribution in [3.05, 3.63) is 65.2 Å². The first-order valence-electron chi connectivity index (χ1n) is 8.34. The number of thioether (sulfide) groups is 1. The van der Waals surface area contributed by atoms with Crippen LogP contribution in [0.3, 0.4) is 0 Å².